The normalized spacial score (nSPS) is 21.1. The van der Waals surface area contributed by atoms with Gasteiger partial charge in [0.15, 0.2) is 0 Å². The number of hydrogen-bond acceptors (Lipinski definition) is 6. The number of hydrazone groups is 1. The number of amides is 1. The van der Waals surface area contributed by atoms with Crippen molar-refractivity contribution in [2.45, 2.75) is 44.0 Å². The highest BCUT2D eigenvalue weighted by molar-refractivity contribution is 7.89. The largest absolute Gasteiger partial charge is 0.274 e. The third-order valence-corrected chi connectivity index (χ3v) is 10.7. The highest BCUT2D eigenvalue weighted by Gasteiger charge is 2.44. The van der Waals surface area contributed by atoms with Gasteiger partial charge in [0.1, 0.15) is 0 Å². The number of fused-ring (bicyclic) bond motifs is 1. The Morgan fingerprint density at radius 1 is 1.08 bits per heavy atom. The van der Waals surface area contributed by atoms with E-state index in [1.165, 1.54) is 26.9 Å². The molecular weight excluding hydrogens is 511 g/mol. The highest BCUT2D eigenvalue weighted by Crippen LogP contribution is 2.46. The Balaban J connectivity index is 1.49. The zero-order valence-electron chi connectivity index (χ0n) is 20.3. The molecule has 9 heteroatoms. The second-order valence-electron chi connectivity index (χ2n) is 8.89. The van der Waals surface area contributed by atoms with Gasteiger partial charge in [0.2, 0.25) is 10.0 Å². The summed E-state index contributed by atoms with van der Waals surface area (Å²) in [6.07, 6.45) is 5.20. The van der Waals surface area contributed by atoms with Gasteiger partial charge >= 0.3 is 0 Å². The van der Waals surface area contributed by atoms with Crippen molar-refractivity contribution in [2.24, 2.45) is 11.0 Å². The molecule has 0 unspecified atom stereocenters. The van der Waals surface area contributed by atoms with Gasteiger partial charge in [0, 0.05) is 34.3 Å². The molecule has 1 aliphatic heterocycles. The van der Waals surface area contributed by atoms with Crippen LogP contribution in [0.15, 0.2) is 74.9 Å². The minimum absolute atomic E-state index is 0.148. The summed E-state index contributed by atoms with van der Waals surface area (Å²) in [6, 6.07) is 14.3. The number of hydrogen-bond donors (Lipinski definition) is 0. The SMILES string of the molecule is CCN(CC)S(=O)(=O)c1ccc(C(=O)N2N=C3/C(=C\c4cccs4)CCC[C@@H]3[C@@H]2c2cccs2)cc1. The van der Waals surface area contributed by atoms with Gasteiger partial charge in [-0.25, -0.2) is 13.4 Å². The standard InChI is InChI=1S/C27H29N3O3S3/c1-3-29(4-2)36(32,33)22-14-12-19(13-15-22)27(31)30-26(24-11-7-17-35-24)23-10-5-8-20(25(23)28-30)18-21-9-6-16-34-21/h6-7,9,11-18,23,26H,3-5,8,10H2,1-2H3/b20-18-/t23-,26+/m0/s1. The van der Waals surface area contributed by atoms with E-state index in [0.29, 0.717) is 18.7 Å². The average Bonchev–Trinajstić information content (AvgIpc) is 3.65. The summed E-state index contributed by atoms with van der Waals surface area (Å²) in [5.41, 5.74) is 2.63. The number of benzene rings is 1. The van der Waals surface area contributed by atoms with E-state index in [4.69, 9.17) is 5.10 Å². The van der Waals surface area contributed by atoms with Crippen molar-refractivity contribution in [1.82, 2.24) is 9.31 Å². The van der Waals surface area contributed by atoms with E-state index in [2.05, 4.69) is 23.6 Å². The summed E-state index contributed by atoms with van der Waals surface area (Å²) in [7, 11) is -3.58. The number of thiophene rings is 2. The molecular formula is C27H29N3O3S3. The van der Waals surface area contributed by atoms with Gasteiger partial charge in [-0.3, -0.25) is 4.79 Å². The van der Waals surface area contributed by atoms with Crippen LogP contribution in [0.3, 0.4) is 0 Å². The van der Waals surface area contributed by atoms with Gasteiger partial charge in [-0.15, -0.1) is 22.7 Å². The Labute approximate surface area is 220 Å². The molecule has 1 aliphatic carbocycles. The van der Waals surface area contributed by atoms with E-state index in [1.54, 1.807) is 39.8 Å². The Bertz CT molecular complexity index is 1370. The fraction of sp³-hybridized carbons (Fsp3) is 0.333. The monoisotopic (exact) mass is 539 g/mol. The number of carbonyl (C=O) groups is 1. The van der Waals surface area contributed by atoms with Crippen molar-refractivity contribution in [3.63, 3.8) is 0 Å². The van der Waals surface area contributed by atoms with E-state index in [1.807, 2.05) is 31.4 Å². The second-order valence-corrected chi connectivity index (χ2v) is 12.8. The summed E-state index contributed by atoms with van der Waals surface area (Å²) in [6.45, 7) is 4.43. The van der Waals surface area contributed by atoms with Crippen LogP contribution in [0.5, 0.6) is 0 Å². The van der Waals surface area contributed by atoms with E-state index in [9.17, 15) is 13.2 Å². The molecule has 1 fully saturated rings. The number of sulfonamides is 1. The molecule has 1 saturated carbocycles. The van der Waals surface area contributed by atoms with Gasteiger partial charge in [0.05, 0.1) is 16.6 Å². The van der Waals surface area contributed by atoms with Gasteiger partial charge in [-0.1, -0.05) is 26.0 Å². The number of nitrogens with zero attached hydrogens (tertiary/aromatic N) is 3. The minimum atomic E-state index is -3.58. The topological polar surface area (TPSA) is 70.1 Å². The van der Waals surface area contributed by atoms with Crippen LogP contribution in [0, 0.1) is 5.92 Å². The fourth-order valence-electron chi connectivity index (χ4n) is 5.07. The highest BCUT2D eigenvalue weighted by atomic mass is 32.2. The number of rotatable bonds is 7. The van der Waals surface area contributed by atoms with Crippen molar-refractivity contribution in [3.05, 3.63) is 80.2 Å². The summed E-state index contributed by atoms with van der Waals surface area (Å²) in [5, 5.41) is 10.7. The van der Waals surface area contributed by atoms with Crippen LogP contribution in [-0.4, -0.2) is 42.4 Å². The van der Waals surface area contributed by atoms with E-state index in [0.717, 1.165) is 29.9 Å². The lowest BCUT2D eigenvalue weighted by Gasteiger charge is -2.28. The Morgan fingerprint density at radius 2 is 1.81 bits per heavy atom. The molecule has 0 N–H and O–H groups in total. The Hall–Kier alpha value is -2.59. The quantitative estimate of drug-likeness (QED) is 0.355. The number of carbonyl (C=O) groups excluding carboxylic acids is 1. The zero-order chi connectivity index (χ0) is 25.3. The maximum absolute atomic E-state index is 13.8. The molecule has 3 heterocycles. The van der Waals surface area contributed by atoms with Crippen molar-refractivity contribution in [1.29, 1.82) is 0 Å². The molecule has 0 radical (unpaired) electrons. The first kappa shape index (κ1) is 25.1. The van der Waals surface area contributed by atoms with E-state index >= 15 is 0 Å². The Kier molecular flexibility index (Phi) is 7.25. The lowest BCUT2D eigenvalue weighted by Crippen LogP contribution is -2.32. The van der Waals surface area contributed by atoms with Gasteiger partial charge < -0.3 is 0 Å². The summed E-state index contributed by atoms with van der Waals surface area (Å²) in [5.74, 6) is -0.0626. The zero-order valence-corrected chi connectivity index (χ0v) is 22.8. The van der Waals surface area contributed by atoms with E-state index < -0.39 is 10.0 Å². The van der Waals surface area contributed by atoms with Crippen LogP contribution >= 0.6 is 22.7 Å². The molecule has 6 nitrogen and oxygen atoms in total. The lowest BCUT2D eigenvalue weighted by atomic mass is 9.79. The molecule has 5 rings (SSSR count). The number of allylic oxidation sites excluding steroid dienone is 1. The van der Waals surface area contributed by atoms with Crippen LogP contribution in [0.2, 0.25) is 0 Å². The molecule has 0 bridgehead atoms. The van der Waals surface area contributed by atoms with E-state index in [-0.39, 0.29) is 22.8 Å². The predicted molar refractivity (Wildman–Crippen MR) is 147 cm³/mol. The maximum Gasteiger partial charge on any atom is 0.274 e. The molecule has 2 atom stereocenters. The molecule has 1 amide bonds. The molecule has 0 saturated heterocycles. The van der Waals surface area contributed by atoms with Crippen molar-refractivity contribution < 1.29 is 13.2 Å². The molecule has 2 aliphatic rings. The lowest BCUT2D eigenvalue weighted by molar-refractivity contribution is 0.0684. The average molecular weight is 540 g/mol. The van der Waals surface area contributed by atoms with Crippen LogP contribution in [-0.2, 0) is 10.0 Å². The van der Waals surface area contributed by atoms with Crippen LogP contribution in [0.4, 0.5) is 0 Å². The van der Waals surface area contributed by atoms with Crippen molar-refractivity contribution in [3.8, 4) is 0 Å². The molecule has 2 aromatic heterocycles. The molecule has 188 valence electrons. The van der Waals surface area contributed by atoms with Gasteiger partial charge in [0.25, 0.3) is 5.91 Å². The molecule has 3 aromatic rings. The van der Waals surface area contributed by atoms with Gasteiger partial charge in [-0.2, -0.15) is 9.41 Å². The third kappa shape index (κ3) is 4.61. The summed E-state index contributed by atoms with van der Waals surface area (Å²) in [4.78, 5) is 16.3. The predicted octanol–water partition coefficient (Wildman–Crippen LogP) is 6.28. The van der Waals surface area contributed by atoms with Crippen LogP contribution < -0.4 is 0 Å². The minimum Gasteiger partial charge on any atom is -0.267 e. The van der Waals surface area contributed by atoms with Crippen molar-refractivity contribution >= 4 is 50.4 Å². The fourth-order valence-corrected chi connectivity index (χ4v) is 8.08. The first-order chi connectivity index (χ1) is 17.4. The summed E-state index contributed by atoms with van der Waals surface area (Å²) >= 11 is 3.34. The van der Waals surface area contributed by atoms with Gasteiger partial charge in [-0.05, 0) is 78.1 Å². The van der Waals surface area contributed by atoms with Crippen molar-refractivity contribution in [2.75, 3.05) is 13.1 Å². The first-order valence-electron chi connectivity index (χ1n) is 12.2. The maximum atomic E-state index is 13.8. The molecule has 36 heavy (non-hydrogen) atoms. The van der Waals surface area contributed by atoms with Crippen LogP contribution in [0.1, 0.15) is 59.3 Å². The van der Waals surface area contributed by atoms with Crippen LogP contribution in [0.25, 0.3) is 6.08 Å². The second kappa shape index (κ2) is 10.4. The smallest absolute Gasteiger partial charge is 0.267 e. The Morgan fingerprint density at radius 3 is 2.44 bits per heavy atom. The molecule has 1 aromatic carbocycles. The third-order valence-electron chi connectivity index (χ3n) is 6.85. The molecule has 0 spiro atoms. The summed E-state index contributed by atoms with van der Waals surface area (Å²) < 4.78 is 27.2. The first-order valence-corrected chi connectivity index (χ1v) is 15.4.